The van der Waals surface area contributed by atoms with Gasteiger partial charge in [0.1, 0.15) is 22.8 Å². The van der Waals surface area contributed by atoms with E-state index < -0.39 is 58.0 Å². The summed E-state index contributed by atoms with van der Waals surface area (Å²) in [6.45, 7) is 0. The Hall–Kier alpha value is -3.94. The zero-order valence-electron chi connectivity index (χ0n) is 18.4. The van der Waals surface area contributed by atoms with E-state index >= 15 is 0 Å². The van der Waals surface area contributed by atoms with Crippen molar-refractivity contribution in [3.05, 3.63) is 57.6 Å². The van der Waals surface area contributed by atoms with Crippen LogP contribution in [0, 0.1) is 23.2 Å². The lowest BCUT2D eigenvalue weighted by Gasteiger charge is -2.50. The normalized spacial score (nSPS) is 28.6. The standard InChI is InChI=1S/C24H23N3O7/c1-27(2)18-13-9-11-8-12-10(4-3-7-25)5-6-14(28)16(12)19(29)15(11)21(31)24(13,34)22(32)17(20(18)30)23(26)33/h3-6,11,13,18,28,30-31,34H,8-9H2,1-2H3,(H2,26,33)/b4-3+/t11-,13-,18+,24-/m1/s1. The highest BCUT2D eigenvalue weighted by molar-refractivity contribution is 6.24. The monoisotopic (exact) mass is 465 g/mol. The van der Waals surface area contributed by atoms with Crippen LogP contribution in [-0.4, -0.2) is 68.5 Å². The molecule has 0 heterocycles. The molecule has 0 aliphatic heterocycles. The van der Waals surface area contributed by atoms with Crippen LogP contribution in [0.15, 0.2) is 40.9 Å². The lowest BCUT2D eigenvalue weighted by molar-refractivity contribution is -0.148. The molecule has 0 spiro atoms. The minimum Gasteiger partial charge on any atom is -0.510 e. The first kappa shape index (κ1) is 23.2. The minimum absolute atomic E-state index is 0.00280. The highest BCUT2D eigenvalue weighted by Crippen LogP contribution is 2.52. The number of phenolic OH excluding ortho intramolecular Hbond substituents is 1. The third kappa shape index (κ3) is 2.98. The molecule has 4 atom stereocenters. The number of amides is 1. The number of nitrogens with zero attached hydrogens (tertiary/aromatic N) is 2. The third-order valence-electron chi connectivity index (χ3n) is 6.98. The van der Waals surface area contributed by atoms with Crippen molar-refractivity contribution in [1.29, 1.82) is 5.26 Å². The maximum Gasteiger partial charge on any atom is 0.255 e. The first-order valence-electron chi connectivity index (χ1n) is 10.5. The van der Waals surface area contributed by atoms with E-state index in [9.17, 15) is 34.8 Å². The fourth-order valence-electron chi connectivity index (χ4n) is 5.56. The summed E-state index contributed by atoms with van der Waals surface area (Å²) in [5.74, 6) is -6.95. The zero-order valence-corrected chi connectivity index (χ0v) is 18.4. The maximum absolute atomic E-state index is 13.5. The Bertz CT molecular complexity index is 1280. The van der Waals surface area contributed by atoms with Crippen molar-refractivity contribution in [3.8, 4) is 11.8 Å². The van der Waals surface area contributed by atoms with Gasteiger partial charge in [0, 0.05) is 17.6 Å². The van der Waals surface area contributed by atoms with E-state index in [1.54, 1.807) is 20.2 Å². The van der Waals surface area contributed by atoms with Gasteiger partial charge in [0.2, 0.25) is 5.78 Å². The van der Waals surface area contributed by atoms with Crippen molar-refractivity contribution in [2.75, 3.05) is 14.1 Å². The van der Waals surface area contributed by atoms with Gasteiger partial charge in [-0.15, -0.1) is 0 Å². The average molecular weight is 465 g/mol. The molecule has 0 fully saturated rings. The van der Waals surface area contributed by atoms with Crippen molar-refractivity contribution < 1.29 is 34.8 Å². The number of Topliss-reactive ketones (excluding diaryl/α,β-unsaturated/α-hetero) is 2. The van der Waals surface area contributed by atoms with Crippen molar-refractivity contribution in [2.24, 2.45) is 17.6 Å². The molecule has 34 heavy (non-hydrogen) atoms. The summed E-state index contributed by atoms with van der Waals surface area (Å²) in [6.07, 6.45) is 2.90. The predicted octanol–water partition coefficient (Wildman–Crippen LogP) is 0.657. The number of ketones is 2. The molecule has 0 unspecified atom stereocenters. The number of rotatable bonds is 3. The molecule has 1 aromatic carbocycles. The van der Waals surface area contributed by atoms with Gasteiger partial charge >= 0.3 is 0 Å². The highest BCUT2D eigenvalue weighted by atomic mass is 16.3. The Kier molecular flexibility index (Phi) is 5.35. The van der Waals surface area contributed by atoms with Crippen LogP contribution in [0.2, 0.25) is 0 Å². The largest absolute Gasteiger partial charge is 0.510 e. The van der Waals surface area contributed by atoms with Crippen LogP contribution in [0.1, 0.15) is 27.9 Å². The van der Waals surface area contributed by atoms with Gasteiger partial charge < -0.3 is 26.2 Å². The van der Waals surface area contributed by atoms with E-state index in [-0.39, 0.29) is 29.7 Å². The number of allylic oxidation sites excluding steroid dienone is 2. The quantitative estimate of drug-likeness (QED) is 0.316. The number of benzene rings is 1. The van der Waals surface area contributed by atoms with Crippen molar-refractivity contribution in [3.63, 3.8) is 0 Å². The van der Waals surface area contributed by atoms with Crippen LogP contribution in [0.5, 0.6) is 5.75 Å². The van der Waals surface area contributed by atoms with Gasteiger partial charge in [0.05, 0.1) is 17.7 Å². The second kappa shape index (κ2) is 7.83. The van der Waals surface area contributed by atoms with Gasteiger partial charge in [-0.1, -0.05) is 6.07 Å². The molecule has 0 bridgehead atoms. The summed E-state index contributed by atoms with van der Waals surface area (Å²) < 4.78 is 0. The number of carbonyl (C=O) groups is 3. The number of phenols is 1. The topological polar surface area (TPSA) is 185 Å². The number of nitrogens with two attached hydrogens (primary N) is 1. The van der Waals surface area contributed by atoms with E-state index in [0.29, 0.717) is 11.1 Å². The molecule has 1 amide bonds. The number of aliphatic hydroxyl groups excluding tert-OH is 2. The number of aliphatic hydroxyl groups is 3. The van der Waals surface area contributed by atoms with Crippen LogP contribution in [-0.2, 0) is 16.0 Å². The van der Waals surface area contributed by atoms with Gasteiger partial charge in [0.25, 0.3) is 5.91 Å². The average Bonchev–Trinajstić information content (AvgIpc) is 2.75. The van der Waals surface area contributed by atoms with Crippen molar-refractivity contribution >= 4 is 23.5 Å². The van der Waals surface area contributed by atoms with Gasteiger partial charge in [-0.25, -0.2) is 0 Å². The van der Waals surface area contributed by atoms with Gasteiger partial charge in [-0.3, -0.25) is 19.3 Å². The molecule has 4 rings (SSSR count). The van der Waals surface area contributed by atoms with Gasteiger partial charge in [-0.05, 0) is 56.1 Å². The summed E-state index contributed by atoms with van der Waals surface area (Å²) in [5, 5.41) is 52.8. The number of nitriles is 1. The van der Waals surface area contributed by atoms with Gasteiger partial charge in [0.15, 0.2) is 11.4 Å². The van der Waals surface area contributed by atoms with E-state index in [0.717, 1.165) is 0 Å². The van der Waals surface area contributed by atoms with Crippen LogP contribution < -0.4 is 5.73 Å². The molecule has 10 nitrogen and oxygen atoms in total. The lowest BCUT2D eigenvalue weighted by atomic mass is 9.58. The Labute approximate surface area is 194 Å². The number of likely N-dealkylation sites (N-methyl/N-ethyl adjacent to an activating group) is 1. The third-order valence-corrected chi connectivity index (χ3v) is 6.98. The van der Waals surface area contributed by atoms with E-state index in [4.69, 9.17) is 11.0 Å². The molecule has 0 radical (unpaired) electrons. The minimum atomic E-state index is -2.67. The smallest absolute Gasteiger partial charge is 0.255 e. The zero-order chi connectivity index (χ0) is 25.1. The van der Waals surface area contributed by atoms with Crippen molar-refractivity contribution in [2.45, 2.75) is 24.5 Å². The number of carbonyl (C=O) groups excluding carboxylic acids is 3. The van der Waals surface area contributed by atoms with Crippen LogP contribution in [0.25, 0.3) is 6.08 Å². The molecule has 0 aromatic heterocycles. The van der Waals surface area contributed by atoms with E-state index in [1.807, 2.05) is 6.07 Å². The van der Waals surface area contributed by atoms with Crippen molar-refractivity contribution in [1.82, 2.24) is 4.90 Å². The predicted molar refractivity (Wildman–Crippen MR) is 118 cm³/mol. The first-order chi connectivity index (χ1) is 16.0. The molecule has 0 saturated heterocycles. The fourth-order valence-corrected chi connectivity index (χ4v) is 5.56. The molecule has 3 aliphatic carbocycles. The SMILES string of the molecule is CN(C)[C@@H]1C(O)=C(C(N)=O)C(=O)[C@]2(O)C(O)=C3C(=O)c4c(O)ccc(/C=C/C#N)c4C[C@@H]3C[C@H]12. The summed E-state index contributed by atoms with van der Waals surface area (Å²) >= 11 is 0. The summed E-state index contributed by atoms with van der Waals surface area (Å²) in [7, 11) is 3.13. The lowest BCUT2D eigenvalue weighted by Crippen LogP contribution is -2.63. The second-order valence-corrected chi connectivity index (χ2v) is 8.95. The fraction of sp³-hybridized carbons (Fsp3) is 0.333. The molecule has 3 aliphatic rings. The van der Waals surface area contributed by atoms with Crippen LogP contribution in [0.4, 0.5) is 0 Å². The number of hydrogen-bond acceptors (Lipinski definition) is 9. The van der Waals surface area contributed by atoms with E-state index in [2.05, 4.69) is 0 Å². The summed E-state index contributed by atoms with van der Waals surface area (Å²) in [6, 6.07) is 3.67. The number of hydrogen-bond donors (Lipinski definition) is 5. The molecule has 1 aromatic rings. The Balaban J connectivity index is 1.97. The van der Waals surface area contributed by atoms with Crippen LogP contribution >= 0.6 is 0 Å². The van der Waals surface area contributed by atoms with Crippen LogP contribution in [0.3, 0.4) is 0 Å². The molecular weight excluding hydrogens is 442 g/mol. The number of primary amides is 1. The maximum atomic E-state index is 13.5. The Morgan fingerprint density at radius 1 is 1.26 bits per heavy atom. The summed E-state index contributed by atoms with van der Waals surface area (Å²) in [5.41, 5.74) is 2.46. The molecule has 176 valence electrons. The van der Waals surface area contributed by atoms with E-state index in [1.165, 1.54) is 23.1 Å². The number of aromatic hydroxyl groups is 1. The molecule has 10 heteroatoms. The second-order valence-electron chi connectivity index (χ2n) is 8.95. The number of fused-ring (bicyclic) bond motifs is 3. The molecule has 6 N–H and O–H groups in total. The summed E-state index contributed by atoms with van der Waals surface area (Å²) in [4.78, 5) is 40.1. The first-order valence-corrected chi connectivity index (χ1v) is 10.5. The van der Waals surface area contributed by atoms with Gasteiger partial charge in [-0.2, -0.15) is 5.26 Å². The Morgan fingerprint density at radius 3 is 2.53 bits per heavy atom. The Morgan fingerprint density at radius 2 is 1.94 bits per heavy atom. The molecular formula is C24H23N3O7. The highest BCUT2D eigenvalue weighted by Gasteiger charge is 2.63. The molecule has 0 saturated carbocycles.